The van der Waals surface area contributed by atoms with Crippen LogP contribution in [0.4, 0.5) is 4.79 Å². The summed E-state index contributed by atoms with van der Waals surface area (Å²) in [6.45, 7) is 4.18. The van der Waals surface area contributed by atoms with Gasteiger partial charge in [-0.2, -0.15) is 0 Å². The minimum absolute atomic E-state index is 0.109. The van der Waals surface area contributed by atoms with E-state index in [1.807, 2.05) is 41.3 Å². The predicted molar refractivity (Wildman–Crippen MR) is 200 cm³/mol. The van der Waals surface area contributed by atoms with Crippen LogP contribution < -0.4 is 0 Å². The topological polar surface area (TPSA) is 50.6 Å². The number of fused-ring (bicyclic) bond motifs is 3. The average Bonchev–Trinajstić information content (AvgIpc) is 3.63. The lowest BCUT2D eigenvalue weighted by Gasteiger charge is -2.46. The van der Waals surface area contributed by atoms with Crippen LogP contribution in [0.15, 0.2) is 115 Å². The Morgan fingerprint density at radius 3 is 2.04 bits per heavy atom. The third-order valence-corrected chi connectivity index (χ3v) is 12.2. The molecule has 2 unspecified atom stereocenters. The van der Waals surface area contributed by atoms with Gasteiger partial charge in [-0.05, 0) is 105 Å². The molecular formula is C44H50N4O2. The van der Waals surface area contributed by atoms with E-state index in [0.717, 1.165) is 61.1 Å². The Labute approximate surface area is 297 Å². The molecule has 6 heteroatoms. The van der Waals surface area contributed by atoms with Crippen LogP contribution >= 0.6 is 0 Å². The Balaban J connectivity index is 0.971. The summed E-state index contributed by atoms with van der Waals surface area (Å²) < 4.78 is 8.49. The van der Waals surface area contributed by atoms with Crippen LogP contribution in [0.1, 0.15) is 86.3 Å². The Kier molecular flexibility index (Phi) is 9.46. The lowest BCUT2D eigenvalue weighted by atomic mass is 9.66. The number of aromatic nitrogens is 2. The van der Waals surface area contributed by atoms with Crippen LogP contribution in [0.25, 0.3) is 11.0 Å². The average molecular weight is 667 g/mol. The number of para-hydroxylation sites is 2. The van der Waals surface area contributed by atoms with Gasteiger partial charge in [0.05, 0.1) is 11.0 Å². The van der Waals surface area contributed by atoms with Gasteiger partial charge in [0, 0.05) is 30.7 Å². The van der Waals surface area contributed by atoms with E-state index in [1.54, 1.807) is 0 Å². The number of carbonyl (C=O) groups is 1. The molecule has 3 aliphatic rings. The molecule has 1 aliphatic carbocycles. The van der Waals surface area contributed by atoms with Crippen molar-refractivity contribution in [2.24, 2.45) is 0 Å². The van der Waals surface area contributed by atoms with Gasteiger partial charge >= 0.3 is 6.09 Å². The van der Waals surface area contributed by atoms with Crippen molar-refractivity contribution >= 4 is 17.1 Å². The summed E-state index contributed by atoms with van der Waals surface area (Å²) >= 11 is 0. The van der Waals surface area contributed by atoms with Gasteiger partial charge in [0.15, 0.2) is 0 Å². The maximum atomic E-state index is 13.8. The number of imidazole rings is 1. The fourth-order valence-electron chi connectivity index (χ4n) is 9.66. The fourth-order valence-corrected chi connectivity index (χ4v) is 9.66. The van der Waals surface area contributed by atoms with Gasteiger partial charge in [0.25, 0.3) is 0 Å². The summed E-state index contributed by atoms with van der Waals surface area (Å²) in [5.74, 6) is 1.15. The Morgan fingerprint density at radius 2 is 1.36 bits per heavy atom. The van der Waals surface area contributed by atoms with E-state index in [0.29, 0.717) is 31.3 Å². The standard InChI is InChI=1S/C44H50N4O2/c1-33-45-41-19-11-12-20-42(41)48(33)40-29-38-21-22-39(30-40)46(38)28-27-44(36-17-9-4-10-18-36)25-23-37(24-26-44)47(31-34-13-5-2-6-14-34)43(49)50-32-35-15-7-3-8-16-35/h2-20,37-40H,21-32H2,1H3. The molecule has 1 aromatic heterocycles. The second-order valence-electron chi connectivity index (χ2n) is 15.0. The Morgan fingerprint density at radius 1 is 0.760 bits per heavy atom. The normalized spacial score (nSPS) is 25.1. The molecule has 0 radical (unpaired) electrons. The molecule has 0 N–H and O–H groups in total. The molecule has 3 heterocycles. The number of hydrogen-bond acceptors (Lipinski definition) is 4. The highest BCUT2D eigenvalue weighted by molar-refractivity contribution is 5.76. The van der Waals surface area contributed by atoms with Crippen molar-refractivity contribution in [3.63, 3.8) is 0 Å². The molecule has 1 amide bonds. The molecule has 6 nitrogen and oxygen atoms in total. The summed E-state index contributed by atoms with van der Waals surface area (Å²) in [4.78, 5) is 23.6. The molecule has 4 aromatic carbocycles. The smallest absolute Gasteiger partial charge is 0.410 e. The summed E-state index contributed by atoms with van der Waals surface area (Å²) in [5, 5.41) is 0. The van der Waals surface area contributed by atoms with Gasteiger partial charge in [-0.15, -0.1) is 0 Å². The molecule has 2 bridgehead atoms. The van der Waals surface area contributed by atoms with E-state index < -0.39 is 0 Å². The summed E-state index contributed by atoms with van der Waals surface area (Å²) in [5.41, 5.74) is 6.13. The van der Waals surface area contributed by atoms with Gasteiger partial charge in [0.2, 0.25) is 0 Å². The highest BCUT2D eigenvalue weighted by Crippen LogP contribution is 2.47. The van der Waals surface area contributed by atoms with E-state index in [1.165, 1.54) is 36.8 Å². The lowest BCUT2D eigenvalue weighted by molar-refractivity contribution is 0.0539. The monoisotopic (exact) mass is 666 g/mol. The molecule has 50 heavy (non-hydrogen) atoms. The number of nitrogens with zero attached hydrogens (tertiary/aromatic N) is 4. The van der Waals surface area contributed by atoms with Crippen LogP contribution in [0.2, 0.25) is 0 Å². The fraction of sp³-hybridized carbons (Fsp3) is 0.409. The van der Waals surface area contributed by atoms with Gasteiger partial charge in [-0.1, -0.05) is 103 Å². The van der Waals surface area contributed by atoms with Crippen molar-refractivity contribution in [3.05, 3.63) is 138 Å². The molecule has 1 saturated carbocycles. The first-order valence-electron chi connectivity index (χ1n) is 18.8. The van der Waals surface area contributed by atoms with Crippen molar-refractivity contribution in [1.29, 1.82) is 0 Å². The number of amides is 1. The van der Waals surface area contributed by atoms with E-state index in [2.05, 4.69) is 95.3 Å². The van der Waals surface area contributed by atoms with Gasteiger partial charge in [0.1, 0.15) is 12.4 Å². The largest absolute Gasteiger partial charge is 0.445 e. The van der Waals surface area contributed by atoms with Crippen LogP contribution in [-0.4, -0.2) is 50.1 Å². The number of rotatable bonds is 10. The first-order chi connectivity index (χ1) is 24.6. The Hall–Kier alpha value is -4.42. The third kappa shape index (κ3) is 6.70. The lowest BCUT2D eigenvalue weighted by Crippen LogP contribution is -2.48. The number of piperidine rings is 1. The molecule has 2 atom stereocenters. The quantitative estimate of drug-likeness (QED) is 0.149. The highest BCUT2D eigenvalue weighted by atomic mass is 16.6. The van der Waals surface area contributed by atoms with E-state index in [4.69, 9.17) is 9.72 Å². The van der Waals surface area contributed by atoms with Gasteiger partial charge in [-0.3, -0.25) is 4.90 Å². The molecular weight excluding hydrogens is 617 g/mol. The van der Waals surface area contributed by atoms with Crippen molar-refractivity contribution < 1.29 is 9.53 Å². The number of carbonyl (C=O) groups excluding carboxylic acids is 1. The Bertz CT molecular complexity index is 1850. The van der Waals surface area contributed by atoms with Crippen molar-refractivity contribution in [1.82, 2.24) is 19.4 Å². The SMILES string of the molecule is Cc1nc2ccccc2n1C1CC2CCC(C1)N2CCC1(c2ccccc2)CCC(N(Cc2ccccc2)C(=O)OCc2ccccc2)CC1. The zero-order valence-electron chi connectivity index (χ0n) is 29.4. The second kappa shape index (κ2) is 14.4. The number of aryl methyl sites for hydroxylation is 1. The molecule has 2 saturated heterocycles. The highest BCUT2D eigenvalue weighted by Gasteiger charge is 2.45. The van der Waals surface area contributed by atoms with E-state index in [9.17, 15) is 4.79 Å². The number of benzene rings is 4. The predicted octanol–water partition coefficient (Wildman–Crippen LogP) is 9.62. The molecule has 5 aromatic rings. The summed E-state index contributed by atoms with van der Waals surface area (Å²) in [6.07, 6.45) is 10.1. The van der Waals surface area contributed by atoms with Crippen LogP contribution in [0.3, 0.4) is 0 Å². The maximum absolute atomic E-state index is 13.8. The molecule has 2 aliphatic heterocycles. The van der Waals surface area contributed by atoms with Gasteiger partial charge < -0.3 is 14.2 Å². The molecule has 3 fully saturated rings. The molecule has 0 spiro atoms. The van der Waals surface area contributed by atoms with Crippen molar-refractivity contribution in [2.75, 3.05) is 6.54 Å². The third-order valence-electron chi connectivity index (χ3n) is 12.2. The number of hydrogen-bond donors (Lipinski definition) is 0. The van der Waals surface area contributed by atoms with Gasteiger partial charge in [-0.25, -0.2) is 9.78 Å². The summed E-state index contributed by atoms with van der Waals surface area (Å²) in [7, 11) is 0. The molecule has 258 valence electrons. The first-order valence-corrected chi connectivity index (χ1v) is 18.8. The minimum Gasteiger partial charge on any atom is -0.445 e. The van der Waals surface area contributed by atoms with E-state index in [-0.39, 0.29) is 17.6 Å². The summed E-state index contributed by atoms with van der Waals surface area (Å²) in [6, 6.07) is 42.2. The van der Waals surface area contributed by atoms with Crippen LogP contribution in [-0.2, 0) is 23.3 Å². The van der Waals surface area contributed by atoms with Crippen LogP contribution in [0, 0.1) is 6.92 Å². The maximum Gasteiger partial charge on any atom is 0.410 e. The van der Waals surface area contributed by atoms with Crippen molar-refractivity contribution in [3.8, 4) is 0 Å². The number of ether oxygens (including phenoxy) is 1. The second-order valence-corrected chi connectivity index (χ2v) is 15.0. The zero-order valence-corrected chi connectivity index (χ0v) is 29.4. The zero-order chi connectivity index (χ0) is 33.9. The first kappa shape index (κ1) is 32.8. The van der Waals surface area contributed by atoms with E-state index >= 15 is 0 Å². The van der Waals surface area contributed by atoms with Crippen molar-refractivity contribution in [2.45, 2.75) is 107 Å². The van der Waals surface area contributed by atoms with Crippen LogP contribution in [0.5, 0.6) is 0 Å². The minimum atomic E-state index is -0.213. The molecule has 8 rings (SSSR count).